The van der Waals surface area contributed by atoms with Crippen LogP contribution in [0.2, 0.25) is 5.02 Å². The summed E-state index contributed by atoms with van der Waals surface area (Å²) in [5.41, 5.74) is -1.04. The van der Waals surface area contributed by atoms with E-state index in [2.05, 4.69) is 5.32 Å². The first kappa shape index (κ1) is 23.0. The van der Waals surface area contributed by atoms with Crippen molar-refractivity contribution in [3.05, 3.63) is 53.1 Å². The van der Waals surface area contributed by atoms with Gasteiger partial charge in [0, 0.05) is 17.8 Å². The van der Waals surface area contributed by atoms with E-state index in [0.29, 0.717) is 0 Å². The molecular formula is C18H18ClF3N2O4S. The van der Waals surface area contributed by atoms with Crippen LogP contribution in [0.15, 0.2) is 47.4 Å². The highest BCUT2D eigenvalue weighted by Crippen LogP contribution is 2.31. The van der Waals surface area contributed by atoms with Gasteiger partial charge >= 0.3 is 6.18 Å². The molecular weight excluding hydrogens is 433 g/mol. The van der Waals surface area contributed by atoms with Gasteiger partial charge in [-0.15, -0.1) is 0 Å². The number of rotatable bonds is 7. The zero-order valence-corrected chi connectivity index (χ0v) is 17.0. The minimum absolute atomic E-state index is 0.0713. The Morgan fingerprint density at radius 3 is 2.52 bits per heavy atom. The minimum atomic E-state index is -4.57. The molecule has 0 fully saturated rings. The largest absolute Gasteiger partial charge is 0.492 e. The number of anilines is 1. The highest BCUT2D eigenvalue weighted by atomic mass is 35.5. The molecule has 0 heterocycles. The molecule has 0 spiro atoms. The Balaban J connectivity index is 2.18. The second-order valence-corrected chi connectivity index (χ2v) is 8.36. The zero-order valence-electron chi connectivity index (χ0n) is 15.5. The molecule has 0 radical (unpaired) electrons. The molecule has 0 saturated carbocycles. The fraction of sp³-hybridized carbons (Fsp3) is 0.278. The van der Waals surface area contributed by atoms with Crippen molar-refractivity contribution >= 4 is 33.2 Å². The fourth-order valence-corrected chi connectivity index (χ4v) is 3.90. The van der Waals surface area contributed by atoms with Crippen LogP contribution in [0.4, 0.5) is 18.9 Å². The van der Waals surface area contributed by atoms with Crippen molar-refractivity contribution in [2.24, 2.45) is 0 Å². The summed E-state index contributed by atoms with van der Waals surface area (Å²) in [4.78, 5) is 12.0. The number of hydrogen-bond acceptors (Lipinski definition) is 4. The summed E-state index contributed by atoms with van der Waals surface area (Å²) in [6.07, 6.45) is -4.57. The van der Waals surface area contributed by atoms with Crippen molar-refractivity contribution in [3.8, 4) is 5.75 Å². The van der Waals surface area contributed by atoms with Gasteiger partial charge in [-0.2, -0.15) is 17.5 Å². The smallest absolute Gasteiger partial charge is 0.416 e. The van der Waals surface area contributed by atoms with Gasteiger partial charge in [0.15, 0.2) is 0 Å². The first-order chi connectivity index (χ1) is 13.4. The lowest BCUT2D eigenvalue weighted by Gasteiger charge is -2.19. The summed E-state index contributed by atoms with van der Waals surface area (Å²) in [6.45, 7) is 1.26. The van der Waals surface area contributed by atoms with Gasteiger partial charge in [0.25, 0.3) is 0 Å². The van der Waals surface area contributed by atoms with Gasteiger partial charge < -0.3 is 10.1 Å². The Hall–Kier alpha value is -2.30. The van der Waals surface area contributed by atoms with Crippen molar-refractivity contribution in [2.45, 2.75) is 18.0 Å². The van der Waals surface area contributed by atoms with Crippen LogP contribution in [0.25, 0.3) is 0 Å². The molecule has 0 unspecified atom stereocenters. The van der Waals surface area contributed by atoms with Crippen molar-refractivity contribution < 1.29 is 31.1 Å². The molecule has 158 valence electrons. The van der Waals surface area contributed by atoms with Gasteiger partial charge in [0.2, 0.25) is 15.9 Å². The maximum Gasteiger partial charge on any atom is 0.416 e. The molecule has 1 N–H and O–H groups in total. The molecule has 0 aliphatic heterocycles. The van der Waals surface area contributed by atoms with Gasteiger partial charge in [-0.1, -0.05) is 17.7 Å². The number of ether oxygens (including phenoxy) is 1. The third kappa shape index (κ3) is 5.84. The van der Waals surface area contributed by atoms with E-state index in [1.807, 2.05) is 0 Å². The van der Waals surface area contributed by atoms with E-state index in [-0.39, 0.29) is 28.0 Å². The molecule has 0 saturated heterocycles. The average molecular weight is 451 g/mol. The first-order valence-corrected chi connectivity index (χ1v) is 10.1. The number of alkyl halides is 3. The van der Waals surface area contributed by atoms with Gasteiger partial charge in [-0.05, 0) is 43.3 Å². The number of hydrogen-bond donors (Lipinski definition) is 1. The van der Waals surface area contributed by atoms with Gasteiger partial charge in [-0.3, -0.25) is 4.79 Å². The number of nitrogens with one attached hydrogen (secondary N) is 1. The topological polar surface area (TPSA) is 75.7 Å². The number of likely N-dealkylation sites (N-methyl/N-ethyl adjacent to an activating group) is 1. The third-order valence-electron chi connectivity index (χ3n) is 3.73. The fourth-order valence-electron chi connectivity index (χ4n) is 2.39. The van der Waals surface area contributed by atoms with E-state index in [1.54, 1.807) is 6.92 Å². The van der Waals surface area contributed by atoms with Crippen LogP contribution in [0.5, 0.6) is 5.75 Å². The molecule has 2 aromatic carbocycles. The molecule has 0 aromatic heterocycles. The van der Waals surface area contributed by atoms with E-state index in [4.69, 9.17) is 16.3 Å². The summed E-state index contributed by atoms with van der Waals surface area (Å²) >= 11 is 5.88. The van der Waals surface area contributed by atoms with E-state index in [9.17, 15) is 26.4 Å². The number of halogens is 4. The maximum absolute atomic E-state index is 12.8. The van der Waals surface area contributed by atoms with Crippen LogP contribution >= 0.6 is 11.6 Å². The molecule has 29 heavy (non-hydrogen) atoms. The Morgan fingerprint density at radius 1 is 1.21 bits per heavy atom. The average Bonchev–Trinajstić information content (AvgIpc) is 2.62. The van der Waals surface area contributed by atoms with E-state index in [0.717, 1.165) is 29.6 Å². The van der Waals surface area contributed by atoms with Crippen LogP contribution in [-0.2, 0) is 21.0 Å². The van der Waals surface area contributed by atoms with Gasteiger partial charge in [-0.25, -0.2) is 8.42 Å². The van der Waals surface area contributed by atoms with Gasteiger partial charge in [0.1, 0.15) is 10.6 Å². The predicted octanol–water partition coefficient (Wildman–Crippen LogP) is 4.02. The Morgan fingerprint density at radius 2 is 1.90 bits per heavy atom. The van der Waals surface area contributed by atoms with E-state index in [1.165, 1.54) is 24.3 Å². The third-order valence-corrected chi connectivity index (χ3v) is 5.79. The van der Waals surface area contributed by atoms with Gasteiger partial charge in [0.05, 0.1) is 18.7 Å². The number of benzene rings is 2. The molecule has 6 nitrogen and oxygen atoms in total. The maximum atomic E-state index is 12.8. The lowest BCUT2D eigenvalue weighted by molar-refractivity contribution is -0.137. The van der Waals surface area contributed by atoms with Crippen LogP contribution in [0.1, 0.15) is 12.5 Å². The number of carbonyl (C=O) groups is 1. The Bertz CT molecular complexity index is 997. The zero-order chi connectivity index (χ0) is 21.8. The molecule has 0 atom stereocenters. The summed E-state index contributed by atoms with van der Waals surface area (Å²) in [5.74, 6) is -0.738. The Labute approximate surface area is 171 Å². The number of carbonyl (C=O) groups excluding carboxylic acids is 1. The molecule has 0 bridgehead atoms. The Kier molecular flexibility index (Phi) is 7.15. The SMILES string of the molecule is CCOc1ccc(Cl)cc1S(=O)(=O)N(C)CC(=O)Nc1cccc(C(F)(F)F)c1. The van der Waals surface area contributed by atoms with Crippen LogP contribution in [-0.4, -0.2) is 38.8 Å². The quantitative estimate of drug-likeness (QED) is 0.691. The normalized spacial score (nSPS) is 12.1. The summed E-state index contributed by atoms with van der Waals surface area (Å²) in [7, 11) is -2.99. The van der Waals surface area contributed by atoms with E-state index < -0.39 is 34.2 Å². The predicted molar refractivity (Wildman–Crippen MR) is 103 cm³/mol. The summed E-state index contributed by atoms with van der Waals surface area (Å²) in [5, 5.41) is 2.42. The summed E-state index contributed by atoms with van der Waals surface area (Å²) in [6, 6.07) is 8.09. The minimum Gasteiger partial charge on any atom is -0.492 e. The second-order valence-electron chi connectivity index (χ2n) is 5.91. The molecule has 11 heteroatoms. The standard InChI is InChI=1S/C18H18ClF3N2O4S/c1-3-28-15-8-7-13(19)10-16(15)29(26,27)24(2)11-17(25)23-14-6-4-5-12(9-14)18(20,21)22/h4-10H,3,11H2,1-2H3,(H,23,25). The van der Waals surface area contributed by atoms with Crippen molar-refractivity contribution in [2.75, 3.05) is 25.5 Å². The summed E-state index contributed by atoms with van der Waals surface area (Å²) < 4.78 is 70.0. The molecule has 2 aromatic rings. The van der Waals surface area contributed by atoms with Crippen LogP contribution < -0.4 is 10.1 Å². The molecule has 2 rings (SSSR count). The van der Waals surface area contributed by atoms with Crippen LogP contribution in [0, 0.1) is 0 Å². The highest BCUT2D eigenvalue weighted by Gasteiger charge is 2.31. The number of amides is 1. The van der Waals surface area contributed by atoms with Crippen molar-refractivity contribution in [1.82, 2.24) is 4.31 Å². The molecule has 0 aliphatic rings. The van der Waals surface area contributed by atoms with Crippen LogP contribution in [0.3, 0.4) is 0 Å². The number of nitrogens with zero attached hydrogens (tertiary/aromatic N) is 1. The first-order valence-electron chi connectivity index (χ1n) is 8.31. The van der Waals surface area contributed by atoms with Crippen molar-refractivity contribution in [1.29, 1.82) is 0 Å². The lowest BCUT2D eigenvalue weighted by atomic mass is 10.2. The monoisotopic (exact) mass is 450 g/mol. The number of sulfonamides is 1. The second kappa shape index (κ2) is 9.02. The van der Waals surface area contributed by atoms with E-state index >= 15 is 0 Å². The van der Waals surface area contributed by atoms with Crippen molar-refractivity contribution in [3.63, 3.8) is 0 Å². The molecule has 1 amide bonds. The lowest BCUT2D eigenvalue weighted by Crippen LogP contribution is -2.35. The highest BCUT2D eigenvalue weighted by molar-refractivity contribution is 7.89. The molecule has 0 aliphatic carbocycles.